The molecule has 1 saturated heterocycles. The van der Waals surface area contributed by atoms with Crippen LogP contribution in [0.3, 0.4) is 0 Å². The quantitative estimate of drug-likeness (QED) is 0.220. The molecule has 4 nitrogen and oxygen atoms in total. The fourth-order valence-electron chi connectivity index (χ4n) is 2.66. The van der Waals surface area contributed by atoms with Gasteiger partial charge in [0.05, 0.1) is 6.54 Å². The Labute approximate surface area is 159 Å². The third-order valence-electron chi connectivity index (χ3n) is 3.87. The summed E-state index contributed by atoms with van der Waals surface area (Å²) in [5.41, 5.74) is 5.90. The van der Waals surface area contributed by atoms with Gasteiger partial charge in [-0.1, -0.05) is 6.92 Å². The van der Waals surface area contributed by atoms with E-state index in [2.05, 4.69) is 22.1 Å². The molecule has 130 valence electrons. The minimum Gasteiger partial charge on any atom is -0.370 e. The number of halogens is 2. The zero-order valence-corrected chi connectivity index (χ0v) is 16.6. The first-order valence-electron chi connectivity index (χ1n) is 7.85. The van der Waals surface area contributed by atoms with Gasteiger partial charge in [0.15, 0.2) is 5.96 Å². The van der Waals surface area contributed by atoms with Crippen LogP contribution in [0.15, 0.2) is 34.2 Å². The number of nitrogens with zero attached hydrogens (tertiary/aromatic N) is 2. The highest BCUT2D eigenvalue weighted by atomic mass is 127. The van der Waals surface area contributed by atoms with Gasteiger partial charge in [-0.25, -0.2) is 4.39 Å². The molecular formula is C16H26FIN4S. The lowest BCUT2D eigenvalue weighted by atomic mass is 10.2. The minimum absolute atomic E-state index is 0. The average Bonchev–Trinajstić information content (AvgIpc) is 2.99. The molecule has 0 bridgehead atoms. The van der Waals surface area contributed by atoms with Crippen LogP contribution in [0, 0.1) is 5.82 Å². The van der Waals surface area contributed by atoms with Crippen LogP contribution < -0.4 is 11.1 Å². The number of nitrogens with one attached hydrogen (secondary N) is 1. The van der Waals surface area contributed by atoms with E-state index in [-0.39, 0.29) is 29.8 Å². The monoisotopic (exact) mass is 452 g/mol. The molecular weight excluding hydrogens is 426 g/mol. The standard InChI is InChI=1S/C16H25FN4S.HI/c1-2-21-10-3-4-14(21)12-20-16(18)19-9-11-22-15-7-5-13(17)6-8-15;/h5-8,14H,2-4,9-12H2,1H3,(H3,18,19,20);1H. The number of aliphatic imine (C=N–C) groups is 1. The molecule has 1 unspecified atom stereocenters. The highest BCUT2D eigenvalue weighted by molar-refractivity contribution is 14.0. The number of guanidine groups is 1. The molecule has 1 fully saturated rings. The van der Waals surface area contributed by atoms with Crippen LogP contribution in [0.25, 0.3) is 0 Å². The topological polar surface area (TPSA) is 53.6 Å². The first-order chi connectivity index (χ1) is 10.7. The van der Waals surface area contributed by atoms with Crippen LogP contribution >= 0.6 is 35.7 Å². The molecule has 0 aliphatic carbocycles. The molecule has 0 spiro atoms. The van der Waals surface area contributed by atoms with Crippen molar-refractivity contribution in [2.24, 2.45) is 10.7 Å². The first-order valence-corrected chi connectivity index (χ1v) is 8.84. The molecule has 1 atom stereocenters. The Balaban J connectivity index is 0.00000264. The Morgan fingerprint density at radius 1 is 1.43 bits per heavy atom. The number of likely N-dealkylation sites (tertiary alicyclic amines) is 1. The highest BCUT2D eigenvalue weighted by Gasteiger charge is 2.22. The summed E-state index contributed by atoms with van der Waals surface area (Å²) >= 11 is 1.67. The fraction of sp³-hybridized carbons (Fsp3) is 0.562. The van der Waals surface area contributed by atoms with Gasteiger partial charge in [0.2, 0.25) is 0 Å². The molecule has 2 rings (SSSR count). The van der Waals surface area contributed by atoms with Gasteiger partial charge in [0, 0.05) is 23.2 Å². The Morgan fingerprint density at radius 2 is 2.17 bits per heavy atom. The van der Waals surface area contributed by atoms with Gasteiger partial charge < -0.3 is 11.1 Å². The van der Waals surface area contributed by atoms with Crippen molar-refractivity contribution in [1.29, 1.82) is 0 Å². The number of hydrogen-bond acceptors (Lipinski definition) is 3. The van der Waals surface area contributed by atoms with Crippen LogP contribution in [0.1, 0.15) is 19.8 Å². The zero-order chi connectivity index (χ0) is 15.8. The Hall–Kier alpha value is -0.540. The van der Waals surface area contributed by atoms with E-state index in [0.717, 1.165) is 30.3 Å². The second kappa shape index (κ2) is 11.1. The molecule has 0 radical (unpaired) electrons. The SMILES string of the molecule is CCN1CCCC1CN=C(N)NCCSc1ccc(F)cc1.I. The average molecular weight is 452 g/mol. The van der Waals surface area contributed by atoms with Crippen LogP contribution in [0.5, 0.6) is 0 Å². The predicted octanol–water partition coefficient (Wildman–Crippen LogP) is 2.92. The van der Waals surface area contributed by atoms with Crippen molar-refractivity contribution in [3.8, 4) is 0 Å². The van der Waals surface area contributed by atoms with Crippen molar-refractivity contribution < 1.29 is 4.39 Å². The van der Waals surface area contributed by atoms with Crippen LogP contribution in [-0.4, -0.2) is 48.8 Å². The minimum atomic E-state index is -0.202. The van der Waals surface area contributed by atoms with Crippen molar-refractivity contribution in [3.05, 3.63) is 30.1 Å². The first kappa shape index (κ1) is 20.5. The van der Waals surface area contributed by atoms with Gasteiger partial charge in [-0.05, 0) is 50.2 Å². The van der Waals surface area contributed by atoms with Crippen LogP contribution in [0.4, 0.5) is 4.39 Å². The Kier molecular flexibility index (Phi) is 9.89. The lowest BCUT2D eigenvalue weighted by Crippen LogP contribution is -2.36. The van der Waals surface area contributed by atoms with Crippen LogP contribution in [-0.2, 0) is 0 Å². The Bertz CT molecular complexity index is 483. The van der Waals surface area contributed by atoms with Gasteiger partial charge >= 0.3 is 0 Å². The van der Waals surface area contributed by atoms with Gasteiger partial charge in [-0.2, -0.15) is 0 Å². The second-order valence-electron chi connectivity index (χ2n) is 5.38. The van der Waals surface area contributed by atoms with Crippen molar-refractivity contribution in [2.45, 2.75) is 30.7 Å². The molecule has 0 aromatic heterocycles. The number of hydrogen-bond donors (Lipinski definition) is 2. The van der Waals surface area contributed by atoms with Crippen molar-refractivity contribution in [3.63, 3.8) is 0 Å². The summed E-state index contributed by atoms with van der Waals surface area (Å²) in [4.78, 5) is 7.96. The number of benzene rings is 1. The van der Waals surface area contributed by atoms with E-state index < -0.39 is 0 Å². The van der Waals surface area contributed by atoms with E-state index in [4.69, 9.17) is 5.73 Å². The summed E-state index contributed by atoms with van der Waals surface area (Å²) in [5, 5.41) is 3.14. The number of likely N-dealkylation sites (N-methyl/N-ethyl adjacent to an activating group) is 1. The van der Waals surface area contributed by atoms with Gasteiger partial charge in [-0.15, -0.1) is 35.7 Å². The van der Waals surface area contributed by atoms with Crippen molar-refractivity contribution in [1.82, 2.24) is 10.2 Å². The highest BCUT2D eigenvalue weighted by Crippen LogP contribution is 2.17. The third kappa shape index (κ3) is 7.26. The summed E-state index contributed by atoms with van der Waals surface area (Å²) in [5.74, 6) is 1.18. The molecule has 3 N–H and O–H groups in total. The fourth-order valence-corrected chi connectivity index (χ4v) is 3.43. The molecule has 1 aromatic carbocycles. The third-order valence-corrected chi connectivity index (χ3v) is 4.88. The van der Waals surface area contributed by atoms with E-state index in [1.54, 1.807) is 23.9 Å². The molecule has 1 heterocycles. The maximum Gasteiger partial charge on any atom is 0.188 e. The molecule has 1 aliphatic rings. The van der Waals surface area contributed by atoms with Crippen molar-refractivity contribution >= 4 is 41.7 Å². The van der Waals surface area contributed by atoms with Gasteiger partial charge in [0.25, 0.3) is 0 Å². The molecule has 0 saturated carbocycles. The van der Waals surface area contributed by atoms with Crippen molar-refractivity contribution in [2.75, 3.05) is 31.9 Å². The second-order valence-corrected chi connectivity index (χ2v) is 6.55. The molecule has 7 heteroatoms. The molecule has 1 aromatic rings. The van der Waals surface area contributed by atoms with Gasteiger partial charge in [0.1, 0.15) is 5.82 Å². The number of rotatable bonds is 7. The zero-order valence-electron chi connectivity index (χ0n) is 13.5. The summed E-state index contributed by atoms with van der Waals surface area (Å²) in [6.07, 6.45) is 2.47. The van der Waals surface area contributed by atoms with E-state index in [1.807, 2.05) is 0 Å². The summed E-state index contributed by atoms with van der Waals surface area (Å²) < 4.78 is 12.8. The summed E-state index contributed by atoms with van der Waals surface area (Å²) in [7, 11) is 0. The largest absolute Gasteiger partial charge is 0.370 e. The molecule has 0 amide bonds. The normalized spacial score (nSPS) is 18.7. The summed E-state index contributed by atoms with van der Waals surface area (Å²) in [6.45, 7) is 5.98. The number of thioether (sulfide) groups is 1. The van der Waals surface area contributed by atoms with E-state index in [9.17, 15) is 4.39 Å². The van der Waals surface area contributed by atoms with E-state index >= 15 is 0 Å². The van der Waals surface area contributed by atoms with Crippen LogP contribution in [0.2, 0.25) is 0 Å². The van der Waals surface area contributed by atoms with E-state index in [1.165, 1.54) is 31.5 Å². The smallest absolute Gasteiger partial charge is 0.188 e. The maximum absolute atomic E-state index is 12.8. The maximum atomic E-state index is 12.8. The number of nitrogens with two attached hydrogens (primary N) is 1. The lowest BCUT2D eigenvalue weighted by Gasteiger charge is -2.20. The summed E-state index contributed by atoms with van der Waals surface area (Å²) in [6, 6.07) is 7.08. The van der Waals surface area contributed by atoms with E-state index in [0.29, 0.717) is 12.0 Å². The molecule has 23 heavy (non-hydrogen) atoms. The van der Waals surface area contributed by atoms with Gasteiger partial charge in [-0.3, -0.25) is 9.89 Å². The Morgan fingerprint density at radius 3 is 2.87 bits per heavy atom. The lowest BCUT2D eigenvalue weighted by molar-refractivity contribution is 0.273. The predicted molar refractivity (Wildman–Crippen MR) is 107 cm³/mol. The molecule has 1 aliphatic heterocycles.